The Kier molecular flexibility index (Phi) is 5.83. The van der Waals surface area contributed by atoms with E-state index >= 15 is 0 Å². The first-order valence-corrected chi connectivity index (χ1v) is 8.56. The van der Waals surface area contributed by atoms with E-state index in [9.17, 15) is 0 Å². The summed E-state index contributed by atoms with van der Waals surface area (Å²) in [6, 6.07) is 9.84. The molecule has 1 saturated heterocycles. The molecule has 1 atom stereocenters. The van der Waals surface area contributed by atoms with E-state index in [1.165, 1.54) is 37.3 Å². The van der Waals surface area contributed by atoms with E-state index in [2.05, 4.69) is 68.7 Å². The van der Waals surface area contributed by atoms with Gasteiger partial charge in [-0.25, -0.2) is 0 Å². The highest BCUT2D eigenvalue weighted by atomic mass is 15.3. The SMILES string of the molecule is CCN1CCN(Cc2cccc(C(C)C)c2)[C@@H](C(C)C)C1. The molecule has 2 heteroatoms. The minimum Gasteiger partial charge on any atom is -0.301 e. The Bertz CT molecular complexity index is 439. The second-order valence-electron chi connectivity index (χ2n) is 7.07. The van der Waals surface area contributed by atoms with Crippen LogP contribution < -0.4 is 0 Å². The number of likely N-dealkylation sites (N-methyl/N-ethyl adjacent to an activating group) is 1. The molecule has 0 aliphatic carbocycles. The molecule has 0 radical (unpaired) electrons. The molecule has 21 heavy (non-hydrogen) atoms. The van der Waals surface area contributed by atoms with E-state index in [0.717, 1.165) is 6.54 Å². The van der Waals surface area contributed by atoms with Crippen LogP contribution in [0.1, 0.15) is 51.7 Å². The van der Waals surface area contributed by atoms with Crippen LogP contribution in [0.15, 0.2) is 24.3 Å². The van der Waals surface area contributed by atoms with Crippen LogP contribution in [0.5, 0.6) is 0 Å². The summed E-state index contributed by atoms with van der Waals surface area (Å²) in [6.45, 7) is 17.5. The zero-order valence-corrected chi connectivity index (χ0v) is 14.5. The van der Waals surface area contributed by atoms with Crippen molar-refractivity contribution in [3.8, 4) is 0 Å². The van der Waals surface area contributed by atoms with E-state index in [-0.39, 0.29) is 0 Å². The van der Waals surface area contributed by atoms with Crippen molar-refractivity contribution in [3.05, 3.63) is 35.4 Å². The van der Waals surface area contributed by atoms with Crippen molar-refractivity contribution in [2.75, 3.05) is 26.2 Å². The molecule has 2 nitrogen and oxygen atoms in total. The van der Waals surface area contributed by atoms with Crippen LogP contribution in [0, 0.1) is 5.92 Å². The smallest absolute Gasteiger partial charge is 0.0250 e. The molecule has 0 spiro atoms. The molecule has 0 unspecified atom stereocenters. The monoisotopic (exact) mass is 288 g/mol. The molecule has 1 aliphatic heterocycles. The average molecular weight is 288 g/mol. The number of rotatable bonds is 5. The second kappa shape index (κ2) is 7.42. The highest BCUT2D eigenvalue weighted by molar-refractivity contribution is 5.25. The van der Waals surface area contributed by atoms with Crippen LogP contribution in [0.3, 0.4) is 0 Å². The van der Waals surface area contributed by atoms with E-state index < -0.39 is 0 Å². The molecular weight excluding hydrogens is 256 g/mol. The fourth-order valence-electron chi connectivity index (χ4n) is 3.31. The molecule has 1 fully saturated rings. The molecule has 1 aromatic carbocycles. The van der Waals surface area contributed by atoms with Crippen molar-refractivity contribution in [3.63, 3.8) is 0 Å². The predicted molar refractivity (Wildman–Crippen MR) is 91.7 cm³/mol. The van der Waals surface area contributed by atoms with Crippen molar-refractivity contribution in [1.29, 1.82) is 0 Å². The quantitative estimate of drug-likeness (QED) is 0.809. The van der Waals surface area contributed by atoms with Gasteiger partial charge in [-0.05, 0) is 29.5 Å². The molecule has 0 bridgehead atoms. The van der Waals surface area contributed by atoms with Crippen LogP contribution in [0.4, 0.5) is 0 Å². The Morgan fingerprint density at radius 3 is 2.52 bits per heavy atom. The van der Waals surface area contributed by atoms with E-state index in [4.69, 9.17) is 0 Å². The standard InChI is InChI=1S/C19H32N2/c1-6-20-10-11-21(19(14-20)16(4)5)13-17-8-7-9-18(12-17)15(2)3/h7-9,12,15-16,19H,6,10-11,13-14H2,1-5H3/t19-/m1/s1. The first-order valence-electron chi connectivity index (χ1n) is 8.56. The zero-order chi connectivity index (χ0) is 15.4. The topological polar surface area (TPSA) is 6.48 Å². The minimum absolute atomic E-state index is 0.614. The van der Waals surface area contributed by atoms with Crippen LogP contribution >= 0.6 is 0 Å². The number of hydrogen-bond acceptors (Lipinski definition) is 2. The maximum atomic E-state index is 2.69. The second-order valence-corrected chi connectivity index (χ2v) is 7.07. The average Bonchev–Trinajstić information content (AvgIpc) is 2.47. The highest BCUT2D eigenvalue weighted by Gasteiger charge is 2.28. The first kappa shape index (κ1) is 16.5. The Hall–Kier alpha value is -0.860. The lowest BCUT2D eigenvalue weighted by molar-refractivity contribution is 0.0469. The zero-order valence-electron chi connectivity index (χ0n) is 14.5. The van der Waals surface area contributed by atoms with Gasteiger partial charge in [-0.3, -0.25) is 4.90 Å². The van der Waals surface area contributed by atoms with Crippen molar-refractivity contribution >= 4 is 0 Å². The highest BCUT2D eigenvalue weighted by Crippen LogP contribution is 2.22. The van der Waals surface area contributed by atoms with Gasteiger partial charge < -0.3 is 4.90 Å². The van der Waals surface area contributed by atoms with E-state index in [0.29, 0.717) is 17.9 Å². The number of piperazine rings is 1. The third kappa shape index (κ3) is 4.31. The fourth-order valence-corrected chi connectivity index (χ4v) is 3.31. The number of nitrogens with zero attached hydrogens (tertiary/aromatic N) is 2. The Balaban J connectivity index is 2.08. The normalized spacial score (nSPS) is 21.4. The lowest BCUT2D eigenvalue weighted by atomic mass is 9.97. The summed E-state index contributed by atoms with van der Waals surface area (Å²) in [6.07, 6.45) is 0. The first-order chi connectivity index (χ1) is 10.0. The summed E-state index contributed by atoms with van der Waals surface area (Å²) in [5.74, 6) is 1.33. The van der Waals surface area contributed by atoms with Gasteiger partial charge in [-0.2, -0.15) is 0 Å². The Labute approximate surface area is 131 Å². The van der Waals surface area contributed by atoms with Crippen molar-refractivity contribution in [2.24, 2.45) is 5.92 Å². The third-order valence-corrected chi connectivity index (χ3v) is 4.84. The van der Waals surface area contributed by atoms with Crippen molar-refractivity contribution in [1.82, 2.24) is 9.80 Å². The summed E-state index contributed by atoms with van der Waals surface area (Å²) in [4.78, 5) is 5.28. The summed E-state index contributed by atoms with van der Waals surface area (Å²) < 4.78 is 0. The van der Waals surface area contributed by atoms with Gasteiger partial charge in [-0.1, -0.05) is 58.9 Å². The van der Waals surface area contributed by atoms with Crippen LogP contribution in [0.25, 0.3) is 0 Å². The third-order valence-electron chi connectivity index (χ3n) is 4.84. The van der Waals surface area contributed by atoms with Gasteiger partial charge in [0.2, 0.25) is 0 Å². The molecule has 0 amide bonds. The minimum atomic E-state index is 0.614. The largest absolute Gasteiger partial charge is 0.301 e. The Morgan fingerprint density at radius 2 is 1.90 bits per heavy atom. The lowest BCUT2D eigenvalue weighted by Crippen LogP contribution is -2.54. The maximum Gasteiger partial charge on any atom is 0.0250 e. The van der Waals surface area contributed by atoms with Gasteiger partial charge in [-0.15, -0.1) is 0 Å². The van der Waals surface area contributed by atoms with Crippen molar-refractivity contribution in [2.45, 2.75) is 53.1 Å². The summed E-state index contributed by atoms with van der Waals surface area (Å²) in [7, 11) is 0. The van der Waals surface area contributed by atoms with Gasteiger partial charge in [0.05, 0.1) is 0 Å². The van der Waals surface area contributed by atoms with Gasteiger partial charge in [0.15, 0.2) is 0 Å². The molecule has 0 saturated carbocycles. The van der Waals surface area contributed by atoms with Gasteiger partial charge in [0.25, 0.3) is 0 Å². The molecule has 2 rings (SSSR count). The Morgan fingerprint density at radius 1 is 1.14 bits per heavy atom. The molecule has 118 valence electrons. The van der Waals surface area contributed by atoms with Gasteiger partial charge in [0.1, 0.15) is 0 Å². The molecule has 0 N–H and O–H groups in total. The molecule has 1 heterocycles. The van der Waals surface area contributed by atoms with Gasteiger partial charge >= 0.3 is 0 Å². The maximum absolute atomic E-state index is 2.69. The van der Waals surface area contributed by atoms with E-state index in [1.807, 2.05) is 0 Å². The summed E-state index contributed by atoms with van der Waals surface area (Å²) in [5, 5.41) is 0. The molecule has 0 aromatic heterocycles. The molecule has 1 aromatic rings. The number of hydrogen-bond donors (Lipinski definition) is 0. The molecule has 1 aliphatic rings. The fraction of sp³-hybridized carbons (Fsp3) is 0.684. The van der Waals surface area contributed by atoms with Crippen LogP contribution in [-0.4, -0.2) is 42.0 Å². The summed E-state index contributed by atoms with van der Waals surface area (Å²) >= 11 is 0. The van der Waals surface area contributed by atoms with E-state index in [1.54, 1.807) is 0 Å². The number of benzene rings is 1. The lowest BCUT2D eigenvalue weighted by Gasteiger charge is -2.43. The predicted octanol–water partition coefficient (Wildman–Crippen LogP) is 3.97. The molecular formula is C19H32N2. The van der Waals surface area contributed by atoms with Crippen molar-refractivity contribution < 1.29 is 0 Å². The van der Waals surface area contributed by atoms with Crippen LogP contribution in [-0.2, 0) is 6.54 Å². The van der Waals surface area contributed by atoms with Gasteiger partial charge in [0, 0.05) is 32.2 Å². The summed E-state index contributed by atoms with van der Waals surface area (Å²) in [5.41, 5.74) is 2.93. The van der Waals surface area contributed by atoms with Crippen LogP contribution in [0.2, 0.25) is 0 Å².